The first-order valence-electron chi connectivity index (χ1n) is 5.32. The van der Waals surface area contributed by atoms with Crippen molar-refractivity contribution >= 4 is 15.9 Å². The summed E-state index contributed by atoms with van der Waals surface area (Å²) in [4.78, 5) is 0. The van der Waals surface area contributed by atoms with E-state index in [4.69, 9.17) is 5.73 Å². The van der Waals surface area contributed by atoms with Crippen LogP contribution in [0.15, 0.2) is 22.7 Å². The van der Waals surface area contributed by atoms with Crippen molar-refractivity contribution in [2.75, 3.05) is 13.6 Å². The van der Waals surface area contributed by atoms with Crippen LogP contribution in [-0.2, 0) is 0 Å². The third kappa shape index (κ3) is 3.59. The molecule has 0 aliphatic rings. The predicted octanol–water partition coefficient (Wildman–Crippen LogP) is 2.76. The molecule has 0 saturated carbocycles. The van der Waals surface area contributed by atoms with Crippen LogP contribution in [0.1, 0.15) is 30.0 Å². The fraction of sp³-hybridized carbons (Fsp3) is 0.500. The van der Waals surface area contributed by atoms with E-state index < -0.39 is 0 Å². The van der Waals surface area contributed by atoms with Crippen molar-refractivity contribution in [3.05, 3.63) is 33.8 Å². The second-order valence-corrected chi connectivity index (χ2v) is 4.69. The van der Waals surface area contributed by atoms with Crippen LogP contribution in [0.5, 0.6) is 0 Å². The van der Waals surface area contributed by atoms with E-state index in [0.717, 1.165) is 23.9 Å². The molecule has 0 saturated heterocycles. The van der Waals surface area contributed by atoms with Gasteiger partial charge in [-0.3, -0.25) is 0 Å². The van der Waals surface area contributed by atoms with Crippen molar-refractivity contribution in [1.82, 2.24) is 5.32 Å². The normalized spacial score (nSPS) is 12.8. The summed E-state index contributed by atoms with van der Waals surface area (Å²) in [6, 6.07) is 6.82. The molecular weight excluding hydrogens is 252 g/mol. The molecule has 3 N–H and O–H groups in total. The maximum absolute atomic E-state index is 5.54. The number of rotatable bonds is 5. The Balaban J connectivity index is 2.85. The van der Waals surface area contributed by atoms with Crippen molar-refractivity contribution in [3.8, 4) is 0 Å². The largest absolute Gasteiger partial charge is 0.330 e. The number of nitrogens with two attached hydrogens (primary N) is 1. The molecule has 0 aliphatic carbocycles. The van der Waals surface area contributed by atoms with E-state index in [-0.39, 0.29) is 0 Å². The van der Waals surface area contributed by atoms with Gasteiger partial charge in [-0.2, -0.15) is 0 Å². The van der Waals surface area contributed by atoms with Gasteiger partial charge < -0.3 is 11.1 Å². The summed E-state index contributed by atoms with van der Waals surface area (Å²) in [5.74, 6) is 0. The summed E-state index contributed by atoms with van der Waals surface area (Å²) in [7, 11) is 2.00. The zero-order valence-corrected chi connectivity index (χ0v) is 11.0. The van der Waals surface area contributed by atoms with E-state index in [9.17, 15) is 0 Å². The molecule has 0 aromatic heterocycles. The van der Waals surface area contributed by atoms with E-state index in [1.807, 2.05) is 7.05 Å². The first kappa shape index (κ1) is 12.7. The molecule has 0 spiro atoms. The summed E-state index contributed by atoms with van der Waals surface area (Å²) >= 11 is 3.51. The summed E-state index contributed by atoms with van der Waals surface area (Å²) < 4.78 is 1.14. The lowest BCUT2D eigenvalue weighted by Gasteiger charge is -2.18. The third-order valence-electron chi connectivity index (χ3n) is 2.66. The Hall–Kier alpha value is -0.380. The second-order valence-electron chi connectivity index (χ2n) is 3.77. The molecule has 84 valence electrons. The Morgan fingerprint density at radius 3 is 2.80 bits per heavy atom. The van der Waals surface area contributed by atoms with Crippen LogP contribution in [-0.4, -0.2) is 13.6 Å². The van der Waals surface area contributed by atoms with Crippen molar-refractivity contribution in [2.45, 2.75) is 25.8 Å². The fourth-order valence-corrected chi connectivity index (χ4v) is 2.14. The monoisotopic (exact) mass is 270 g/mol. The number of aryl methyl sites for hydroxylation is 1. The van der Waals surface area contributed by atoms with E-state index in [0.29, 0.717) is 6.04 Å². The fourth-order valence-electron chi connectivity index (χ4n) is 1.76. The van der Waals surface area contributed by atoms with Gasteiger partial charge in [-0.1, -0.05) is 22.0 Å². The lowest BCUT2D eigenvalue weighted by molar-refractivity contribution is 0.529. The maximum atomic E-state index is 5.54. The molecular formula is C12H19BrN2. The first-order chi connectivity index (χ1) is 7.19. The zero-order chi connectivity index (χ0) is 11.3. The third-order valence-corrected chi connectivity index (χ3v) is 3.16. The lowest BCUT2D eigenvalue weighted by atomic mass is 9.98. The Bertz CT molecular complexity index is 312. The minimum absolute atomic E-state index is 0.408. The zero-order valence-electron chi connectivity index (χ0n) is 9.39. The molecule has 1 aromatic rings. The highest BCUT2D eigenvalue weighted by Crippen LogP contribution is 2.24. The SMILES string of the molecule is CNC(CCCN)c1cc(Br)ccc1C. The highest BCUT2D eigenvalue weighted by Gasteiger charge is 2.11. The van der Waals surface area contributed by atoms with Gasteiger partial charge in [-0.15, -0.1) is 0 Å². The molecule has 0 fully saturated rings. The van der Waals surface area contributed by atoms with Crippen molar-refractivity contribution < 1.29 is 0 Å². The quantitative estimate of drug-likeness (QED) is 0.864. The van der Waals surface area contributed by atoms with Gasteiger partial charge in [0.25, 0.3) is 0 Å². The molecule has 0 heterocycles. The smallest absolute Gasteiger partial charge is 0.0321 e. The van der Waals surface area contributed by atoms with Crippen molar-refractivity contribution in [2.24, 2.45) is 5.73 Å². The van der Waals surface area contributed by atoms with Crippen LogP contribution in [0, 0.1) is 6.92 Å². The Kier molecular flexibility index (Phi) is 5.29. The van der Waals surface area contributed by atoms with Crippen LogP contribution < -0.4 is 11.1 Å². The molecule has 3 heteroatoms. The summed E-state index contributed by atoms with van der Waals surface area (Å²) in [6.07, 6.45) is 2.14. The summed E-state index contributed by atoms with van der Waals surface area (Å²) in [5, 5.41) is 3.34. The molecule has 0 aliphatic heterocycles. The minimum atomic E-state index is 0.408. The second kappa shape index (κ2) is 6.26. The molecule has 0 radical (unpaired) electrons. The number of nitrogens with one attached hydrogen (secondary N) is 1. The van der Waals surface area contributed by atoms with Gasteiger partial charge in [0, 0.05) is 10.5 Å². The van der Waals surface area contributed by atoms with Gasteiger partial charge in [0.15, 0.2) is 0 Å². The first-order valence-corrected chi connectivity index (χ1v) is 6.11. The highest BCUT2D eigenvalue weighted by molar-refractivity contribution is 9.10. The predicted molar refractivity (Wildman–Crippen MR) is 69.0 cm³/mol. The number of hydrogen-bond donors (Lipinski definition) is 2. The molecule has 2 nitrogen and oxygen atoms in total. The van der Waals surface area contributed by atoms with Crippen LogP contribution in [0.2, 0.25) is 0 Å². The van der Waals surface area contributed by atoms with E-state index in [1.54, 1.807) is 0 Å². The van der Waals surface area contributed by atoms with Gasteiger partial charge in [-0.25, -0.2) is 0 Å². The van der Waals surface area contributed by atoms with Crippen molar-refractivity contribution in [3.63, 3.8) is 0 Å². The molecule has 15 heavy (non-hydrogen) atoms. The standard InChI is InChI=1S/C12H19BrN2/c1-9-5-6-10(13)8-11(9)12(15-2)4-3-7-14/h5-6,8,12,15H,3-4,7,14H2,1-2H3. The van der Waals surface area contributed by atoms with E-state index in [1.165, 1.54) is 11.1 Å². The molecule has 1 aromatic carbocycles. The highest BCUT2D eigenvalue weighted by atomic mass is 79.9. The average Bonchev–Trinajstić information content (AvgIpc) is 2.24. The maximum Gasteiger partial charge on any atom is 0.0321 e. The molecule has 1 atom stereocenters. The number of hydrogen-bond acceptors (Lipinski definition) is 2. The number of benzene rings is 1. The molecule has 1 rings (SSSR count). The van der Waals surface area contributed by atoms with Crippen LogP contribution in [0.4, 0.5) is 0 Å². The van der Waals surface area contributed by atoms with E-state index in [2.05, 4.69) is 46.4 Å². The Morgan fingerprint density at radius 1 is 1.47 bits per heavy atom. The van der Waals surface area contributed by atoms with Gasteiger partial charge in [0.2, 0.25) is 0 Å². The summed E-state index contributed by atoms with van der Waals surface area (Å²) in [6.45, 7) is 2.90. The van der Waals surface area contributed by atoms with Crippen molar-refractivity contribution in [1.29, 1.82) is 0 Å². The van der Waals surface area contributed by atoms with Crippen LogP contribution in [0.25, 0.3) is 0 Å². The Labute approximate surface area is 100 Å². The Morgan fingerprint density at radius 2 is 2.20 bits per heavy atom. The van der Waals surface area contributed by atoms with Gasteiger partial charge >= 0.3 is 0 Å². The minimum Gasteiger partial charge on any atom is -0.330 e. The number of halogens is 1. The summed E-state index contributed by atoms with van der Waals surface area (Å²) in [5.41, 5.74) is 8.23. The van der Waals surface area contributed by atoms with Gasteiger partial charge in [0.1, 0.15) is 0 Å². The van der Waals surface area contributed by atoms with E-state index >= 15 is 0 Å². The van der Waals surface area contributed by atoms with Crippen LogP contribution >= 0.6 is 15.9 Å². The van der Waals surface area contributed by atoms with Gasteiger partial charge in [-0.05, 0) is 56.6 Å². The lowest BCUT2D eigenvalue weighted by Crippen LogP contribution is -2.18. The average molecular weight is 271 g/mol. The van der Waals surface area contributed by atoms with Crippen LogP contribution in [0.3, 0.4) is 0 Å². The molecule has 0 amide bonds. The van der Waals surface area contributed by atoms with Gasteiger partial charge in [0.05, 0.1) is 0 Å². The molecule has 0 bridgehead atoms. The molecule has 1 unspecified atom stereocenters. The topological polar surface area (TPSA) is 38.0 Å².